The molecule has 3 N–H and O–H groups in total. The Morgan fingerprint density at radius 3 is 2.39 bits per heavy atom. The lowest BCUT2D eigenvalue weighted by atomic mass is 9.97. The summed E-state index contributed by atoms with van der Waals surface area (Å²) in [5, 5.41) is 22.5. The van der Waals surface area contributed by atoms with Crippen molar-refractivity contribution >= 4 is 49.9 Å². The quantitative estimate of drug-likeness (QED) is 0.375. The number of hydrogen-bond donors (Lipinski definition) is 3. The van der Waals surface area contributed by atoms with Crippen molar-refractivity contribution in [2.75, 3.05) is 47.6 Å². The highest BCUT2D eigenvalue weighted by Gasteiger charge is 2.30. The number of carboxylic acid groups (broad SMARTS) is 1. The summed E-state index contributed by atoms with van der Waals surface area (Å²) in [5.41, 5.74) is 2.44. The number of benzene rings is 1. The number of anilines is 4. The zero-order chi connectivity index (χ0) is 27.0. The number of sulfone groups is 1. The van der Waals surface area contributed by atoms with Gasteiger partial charge in [-0.05, 0) is 49.8 Å². The van der Waals surface area contributed by atoms with Gasteiger partial charge in [0.2, 0.25) is 5.95 Å². The minimum atomic E-state index is -3.27. The summed E-state index contributed by atoms with van der Waals surface area (Å²) in [7, 11) is -3.27. The predicted octanol–water partition coefficient (Wildman–Crippen LogP) is 2.86. The Labute approximate surface area is 225 Å². The van der Waals surface area contributed by atoms with Crippen LogP contribution < -0.4 is 15.1 Å². The molecule has 0 spiro atoms. The lowest BCUT2D eigenvalue weighted by molar-refractivity contribution is 0.0701. The molecule has 0 unspecified atom stereocenters. The standard InChI is InChI=1S/C25H30N6O5S2/c1-15-20(23(33)34)37-25(26-15)29-24-27-21(30-10-7-17(14-32)8-11-30)19-9-12-31(22(19)28-24)13-16-3-5-18(6-4-16)38(2,35)36/h3-6,17,32H,7-14H2,1-2H3,(H,33,34)(H,26,27,28,29). The molecule has 202 valence electrons. The van der Waals surface area contributed by atoms with Crippen LogP contribution in [-0.2, 0) is 22.8 Å². The highest BCUT2D eigenvalue weighted by Crippen LogP contribution is 2.37. The van der Waals surface area contributed by atoms with Crippen LogP contribution in [0.5, 0.6) is 0 Å². The van der Waals surface area contributed by atoms with Crippen molar-refractivity contribution in [1.29, 1.82) is 0 Å². The van der Waals surface area contributed by atoms with Crippen LogP contribution in [0, 0.1) is 12.8 Å². The maximum Gasteiger partial charge on any atom is 0.347 e. The van der Waals surface area contributed by atoms with E-state index in [2.05, 4.69) is 20.1 Å². The van der Waals surface area contributed by atoms with Gasteiger partial charge in [0.25, 0.3) is 0 Å². The fraction of sp³-hybridized carbons (Fsp3) is 0.440. The van der Waals surface area contributed by atoms with E-state index in [1.807, 2.05) is 12.1 Å². The van der Waals surface area contributed by atoms with E-state index in [4.69, 9.17) is 9.97 Å². The lowest BCUT2D eigenvalue weighted by Crippen LogP contribution is -2.36. The van der Waals surface area contributed by atoms with Crippen molar-refractivity contribution in [1.82, 2.24) is 15.0 Å². The smallest absolute Gasteiger partial charge is 0.347 e. The third kappa shape index (κ3) is 5.45. The molecule has 4 heterocycles. The van der Waals surface area contributed by atoms with Crippen molar-refractivity contribution in [3.05, 3.63) is 46.0 Å². The molecule has 5 rings (SSSR count). The molecule has 0 saturated carbocycles. The predicted molar refractivity (Wildman–Crippen MR) is 145 cm³/mol. The van der Waals surface area contributed by atoms with E-state index in [9.17, 15) is 23.4 Å². The molecule has 13 heteroatoms. The number of aliphatic hydroxyl groups is 1. The largest absolute Gasteiger partial charge is 0.477 e. The number of aromatic nitrogens is 3. The Morgan fingerprint density at radius 1 is 1.11 bits per heavy atom. The summed E-state index contributed by atoms with van der Waals surface area (Å²) < 4.78 is 23.7. The average Bonchev–Trinajstić information content (AvgIpc) is 3.46. The van der Waals surface area contributed by atoms with E-state index in [1.165, 1.54) is 6.26 Å². The summed E-state index contributed by atoms with van der Waals surface area (Å²) in [6.07, 6.45) is 3.72. The van der Waals surface area contributed by atoms with Gasteiger partial charge in [-0.3, -0.25) is 5.32 Å². The highest BCUT2D eigenvalue weighted by atomic mass is 32.2. The Hall–Kier alpha value is -3.29. The topological polar surface area (TPSA) is 149 Å². The molecule has 0 radical (unpaired) electrons. The van der Waals surface area contributed by atoms with Crippen molar-refractivity contribution in [2.24, 2.45) is 5.92 Å². The normalized spacial score (nSPS) is 16.1. The maximum absolute atomic E-state index is 11.8. The molecule has 1 aromatic carbocycles. The van der Waals surface area contributed by atoms with Gasteiger partial charge in [-0.2, -0.15) is 9.97 Å². The number of aryl methyl sites for hydroxylation is 1. The summed E-state index contributed by atoms with van der Waals surface area (Å²) in [6.45, 7) is 4.69. The van der Waals surface area contributed by atoms with Crippen LogP contribution in [0.4, 0.5) is 22.7 Å². The van der Waals surface area contributed by atoms with Gasteiger partial charge < -0.3 is 20.0 Å². The van der Waals surface area contributed by atoms with Crippen LogP contribution in [-0.4, -0.2) is 72.0 Å². The first-order valence-electron chi connectivity index (χ1n) is 12.4. The first-order valence-corrected chi connectivity index (χ1v) is 15.1. The molecule has 2 aromatic heterocycles. The van der Waals surface area contributed by atoms with Gasteiger partial charge in [-0.1, -0.05) is 23.5 Å². The number of rotatable bonds is 8. The molecular weight excluding hydrogens is 528 g/mol. The van der Waals surface area contributed by atoms with Crippen molar-refractivity contribution in [3.8, 4) is 0 Å². The number of nitrogens with one attached hydrogen (secondary N) is 1. The Kier molecular flexibility index (Phi) is 7.25. The molecule has 2 aliphatic rings. The van der Waals surface area contributed by atoms with Crippen LogP contribution in [0.3, 0.4) is 0 Å². The van der Waals surface area contributed by atoms with E-state index in [0.717, 1.165) is 73.0 Å². The zero-order valence-electron chi connectivity index (χ0n) is 21.2. The number of aromatic carboxylic acids is 1. The van der Waals surface area contributed by atoms with Crippen LogP contribution in [0.1, 0.15) is 39.3 Å². The molecule has 3 aromatic rings. The van der Waals surface area contributed by atoms with E-state index in [-0.39, 0.29) is 22.3 Å². The number of thiazole rings is 1. The van der Waals surface area contributed by atoms with Crippen LogP contribution in [0.2, 0.25) is 0 Å². The number of fused-ring (bicyclic) bond motifs is 1. The van der Waals surface area contributed by atoms with Gasteiger partial charge in [0.05, 0.1) is 10.6 Å². The van der Waals surface area contributed by atoms with Gasteiger partial charge in [-0.15, -0.1) is 0 Å². The third-order valence-corrected chi connectivity index (χ3v) is 9.19. The average molecular weight is 559 g/mol. The first-order chi connectivity index (χ1) is 18.1. The number of aliphatic hydroxyl groups excluding tert-OH is 1. The van der Waals surface area contributed by atoms with Crippen LogP contribution >= 0.6 is 11.3 Å². The van der Waals surface area contributed by atoms with E-state index in [1.54, 1.807) is 19.1 Å². The molecule has 1 fully saturated rings. The van der Waals surface area contributed by atoms with E-state index >= 15 is 0 Å². The molecular formula is C25H30N6O5S2. The maximum atomic E-state index is 11.8. The molecule has 2 aliphatic heterocycles. The fourth-order valence-electron chi connectivity index (χ4n) is 4.90. The second-order valence-corrected chi connectivity index (χ2v) is 12.8. The molecule has 0 aliphatic carbocycles. The summed E-state index contributed by atoms with van der Waals surface area (Å²) >= 11 is 1.04. The number of piperidine rings is 1. The first kappa shape index (κ1) is 26.3. The second-order valence-electron chi connectivity index (χ2n) is 9.74. The number of carbonyl (C=O) groups is 1. The highest BCUT2D eigenvalue weighted by molar-refractivity contribution is 7.90. The minimum absolute atomic E-state index is 0.166. The lowest BCUT2D eigenvalue weighted by Gasteiger charge is -2.33. The summed E-state index contributed by atoms with van der Waals surface area (Å²) in [6, 6.07) is 6.88. The van der Waals surface area contributed by atoms with Crippen LogP contribution in [0.15, 0.2) is 29.2 Å². The van der Waals surface area contributed by atoms with E-state index < -0.39 is 15.8 Å². The Morgan fingerprint density at radius 2 is 1.79 bits per heavy atom. The van der Waals surface area contributed by atoms with Gasteiger partial charge in [-0.25, -0.2) is 18.2 Å². The number of hydrogen-bond acceptors (Lipinski definition) is 11. The van der Waals surface area contributed by atoms with Crippen molar-refractivity contribution in [3.63, 3.8) is 0 Å². The van der Waals surface area contributed by atoms with Gasteiger partial charge in [0.15, 0.2) is 15.0 Å². The van der Waals surface area contributed by atoms with Crippen molar-refractivity contribution in [2.45, 2.75) is 37.6 Å². The molecule has 38 heavy (non-hydrogen) atoms. The molecule has 1 saturated heterocycles. The monoisotopic (exact) mass is 558 g/mol. The van der Waals surface area contributed by atoms with Gasteiger partial charge in [0, 0.05) is 44.6 Å². The number of carboxylic acids is 1. The molecule has 11 nitrogen and oxygen atoms in total. The van der Waals surface area contributed by atoms with Gasteiger partial charge in [0.1, 0.15) is 16.5 Å². The Balaban J connectivity index is 1.47. The second kappa shape index (κ2) is 10.5. The SMILES string of the molecule is Cc1nc(Nc2nc(N3CCC(CO)CC3)c3c(n2)N(Cc2ccc(S(C)(=O)=O)cc2)CC3)sc1C(=O)O. The molecule has 0 atom stereocenters. The Bertz CT molecular complexity index is 1450. The zero-order valence-corrected chi connectivity index (χ0v) is 22.8. The minimum Gasteiger partial charge on any atom is -0.477 e. The summed E-state index contributed by atoms with van der Waals surface area (Å²) in [4.78, 5) is 30.3. The molecule has 0 bridgehead atoms. The van der Waals surface area contributed by atoms with Crippen LogP contribution in [0.25, 0.3) is 0 Å². The van der Waals surface area contributed by atoms with Crippen molar-refractivity contribution < 1.29 is 23.4 Å². The van der Waals surface area contributed by atoms with Gasteiger partial charge >= 0.3 is 5.97 Å². The summed E-state index contributed by atoms with van der Waals surface area (Å²) in [5.74, 6) is 1.24. The molecule has 0 amide bonds. The fourth-order valence-corrected chi connectivity index (χ4v) is 6.33. The van der Waals surface area contributed by atoms with E-state index in [0.29, 0.717) is 23.3 Å². The third-order valence-electron chi connectivity index (χ3n) is 7.00. The number of nitrogens with zero attached hydrogens (tertiary/aromatic N) is 5.